The Morgan fingerprint density at radius 2 is 1.49 bits per heavy atom. The van der Waals surface area contributed by atoms with Crippen LogP contribution in [0.4, 0.5) is 0 Å². The highest BCUT2D eigenvalue weighted by Crippen LogP contribution is 2.48. The van der Waals surface area contributed by atoms with Crippen molar-refractivity contribution >= 4 is 17.6 Å². The molecule has 3 aliphatic heterocycles. The number of rotatable bonds is 7. The van der Waals surface area contributed by atoms with Crippen LogP contribution in [0.5, 0.6) is 5.75 Å². The summed E-state index contributed by atoms with van der Waals surface area (Å²) in [6, 6.07) is 5.51. The molecule has 5 rings (SSSR count). The van der Waals surface area contributed by atoms with Crippen LogP contribution in [0, 0.1) is 0 Å². The highest BCUT2D eigenvalue weighted by atomic mass is 16.8. The highest BCUT2D eigenvalue weighted by molar-refractivity contribution is 6.28. The van der Waals surface area contributed by atoms with E-state index >= 15 is 0 Å². The first kappa shape index (κ1) is 31.2. The van der Waals surface area contributed by atoms with Gasteiger partial charge in [0.1, 0.15) is 65.9 Å². The second-order valence-electron chi connectivity index (χ2n) is 10.4. The molecule has 10 N–H and O–H groups in total. The molecule has 0 radical (unpaired) electrons. The van der Waals surface area contributed by atoms with Crippen LogP contribution in [0.15, 0.2) is 53.0 Å². The van der Waals surface area contributed by atoms with Gasteiger partial charge in [0.15, 0.2) is 23.9 Å². The number of carbonyl (C=O) groups is 2. The molecule has 1 aromatic rings. The zero-order chi connectivity index (χ0) is 31.4. The zero-order valence-corrected chi connectivity index (χ0v) is 22.1. The summed E-state index contributed by atoms with van der Waals surface area (Å²) < 4.78 is 21.8. The number of aliphatic hydroxyl groups excluding tert-OH is 8. The molecule has 4 aliphatic rings. The first-order chi connectivity index (χ1) is 20.3. The summed E-state index contributed by atoms with van der Waals surface area (Å²) in [6.45, 7) is -1.70. The Bertz CT molecular complexity index is 1350. The lowest BCUT2D eigenvalue weighted by Crippen LogP contribution is -2.62. The summed E-state index contributed by atoms with van der Waals surface area (Å²) in [6.07, 6.45) is -15.7. The van der Waals surface area contributed by atoms with E-state index in [1.807, 2.05) is 0 Å². The zero-order valence-electron chi connectivity index (χ0n) is 22.1. The number of phenols is 1. The maximum absolute atomic E-state index is 13.8. The number of hydrogen-bond donors (Lipinski definition) is 10. The Labute approximate surface area is 242 Å². The van der Waals surface area contributed by atoms with Crippen LogP contribution in [0.25, 0.3) is 6.08 Å². The van der Waals surface area contributed by atoms with E-state index in [4.69, 9.17) is 18.9 Å². The van der Waals surface area contributed by atoms with Gasteiger partial charge in [0.05, 0.1) is 18.8 Å². The molecule has 16 nitrogen and oxygen atoms in total. The van der Waals surface area contributed by atoms with Crippen molar-refractivity contribution in [3.63, 3.8) is 0 Å². The fourth-order valence-electron chi connectivity index (χ4n) is 5.31. The molecule has 0 bridgehead atoms. The van der Waals surface area contributed by atoms with Gasteiger partial charge in [-0.15, -0.1) is 0 Å². The summed E-state index contributed by atoms with van der Waals surface area (Å²) in [5.41, 5.74) is -1.23. The summed E-state index contributed by atoms with van der Waals surface area (Å²) in [7, 11) is 0. The molecule has 11 atom stereocenters. The van der Waals surface area contributed by atoms with E-state index in [0.717, 1.165) is 6.08 Å². The number of fused-ring (bicyclic) bond motifs is 2. The van der Waals surface area contributed by atoms with Crippen LogP contribution in [0.3, 0.4) is 0 Å². The van der Waals surface area contributed by atoms with Gasteiger partial charge < -0.3 is 70.0 Å². The van der Waals surface area contributed by atoms with Crippen LogP contribution in [0.1, 0.15) is 5.56 Å². The van der Waals surface area contributed by atoms with E-state index in [1.165, 1.54) is 30.3 Å². The molecule has 0 saturated carbocycles. The van der Waals surface area contributed by atoms with Gasteiger partial charge in [-0.05, 0) is 23.8 Å². The number of phenolic OH excluding ortho intramolecular Hbond substituents is 1. The number of ether oxygens (including phenoxy) is 4. The molecule has 0 unspecified atom stereocenters. The van der Waals surface area contributed by atoms with Crippen molar-refractivity contribution in [1.82, 2.24) is 0 Å². The van der Waals surface area contributed by atoms with Gasteiger partial charge in [-0.3, -0.25) is 9.59 Å². The van der Waals surface area contributed by atoms with E-state index in [9.17, 15) is 60.7 Å². The molecule has 16 heteroatoms. The Morgan fingerprint density at radius 3 is 2.12 bits per heavy atom. The van der Waals surface area contributed by atoms with Crippen molar-refractivity contribution in [1.29, 1.82) is 0 Å². The third-order valence-corrected chi connectivity index (χ3v) is 7.69. The van der Waals surface area contributed by atoms with E-state index in [1.54, 1.807) is 0 Å². The summed E-state index contributed by atoms with van der Waals surface area (Å²) in [5.74, 6) is -8.23. The fourth-order valence-corrected chi connectivity index (χ4v) is 5.31. The van der Waals surface area contributed by atoms with Gasteiger partial charge >= 0.3 is 0 Å². The molecule has 3 heterocycles. The molecule has 2 fully saturated rings. The van der Waals surface area contributed by atoms with E-state index < -0.39 is 114 Å². The predicted molar refractivity (Wildman–Crippen MR) is 136 cm³/mol. The van der Waals surface area contributed by atoms with Crippen molar-refractivity contribution in [3.05, 3.63) is 58.6 Å². The van der Waals surface area contributed by atoms with E-state index in [2.05, 4.69) is 0 Å². The third-order valence-electron chi connectivity index (χ3n) is 7.69. The first-order valence-electron chi connectivity index (χ1n) is 13.1. The quantitative estimate of drug-likeness (QED) is 0.0800. The van der Waals surface area contributed by atoms with Crippen molar-refractivity contribution in [2.24, 2.45) is 0 Å². The Kier molecular flexibility index (Phi) is 8.47. The minimum atomic E-state index is -3.41. The maximum Gasteiger partial charge on any atom is 0.294 e. The maximum atomic E-state index is 13.8. The fraction of sp³-hybridized carbons (Fsp3) is 0.481. The van der Waals surface area contributed by atoms with Gasteiger partial charge in [0.2, 0.25) is 5.78 Å². The van der Waals surface area contributed by atoms with Gasteiger partial charge in [-0.2, -0.15) is 0 Å². The largest absolute Gasteiger partial charge is 0.508 e. The minimum Gasteiger partial charge on any atom is -0.508 e. The lowest BCUT2D eigenvalue weighted by Gasteiger charge is -2.43. The highest BCUT2D eigenvalue weighted by Gasteiger charge is 2.64. The average molecular weight is 611 g/mol. The van der Waals surface area contributed by atoms with Crippen molar-refractivity contribution in [3.8, 4) is 5.75 Å². The lowest BCUT2D eigenvalue weighted by molar-refractivity contribution is -0.349. The van der Waals surface area contributed by atoms with Gasteiger partial charge in [0, 0.05) is 0 Å². The Morgan fingerprint density at radius 1 is 0.884 bits per heavy atom. The molecule has 1 aromatic carbocycles. The summed E-state index contributed by atoms with van der Waals surface area (Å²) in [5, 5.41) is 103. The molecule has 0 aromatic heterocycles. The number of hydrogen-bond acceptors (Lipinski definition) is 16. The molecule has 43 heavy (non-hydrogen) atoms. The SMILES string of the molecule is O=C(/C=C/c1ccc(O)cc1)C1=C(O)C2=C(O[C@H]3[C@H](O)[C@H](O)[C@H](CO)O[C@H]23)[C@@](O)(O[C@@H]2O[C@H](CO)[C@@H](O)[C@H](O)[C@H]2O)C1=O. The molecule has 0 amide bonds. The van der Waals surface area contributed by atoms with Crippen LogP contribution in [0.2, 0.25) is 0 Å². The van der Waals surface area contributed by atoms with Crippen LogP contribution in [-0.2, 0) is 28.5 Å². The second kappa shape index (κ2) is 11.7. The first-order valence-corrected chi connectivity index (χ1v) is 13.1. The summed E-state index contributed by atoms with van der Waals surface area (Å²) in [4.78, 5) is 27.1. The van der Waals surface area contributed by atoms with Crippen molar-refractivity contribution in [2.75, 3.05) is 13.2 Å². The Balaban J connectivity index is 1.58. The van der Waals surface area contributed by atoms with Gasteiger partial charge in [-0.1, -0.05) is 18.2 Å². The monoisotopic (exact) mass is 610 g/mol. The number of carbonyl (C=O) groups excluding carboxylic acids is 2. The Hall–Kier alpha value is -3.26. The van der Waals surface area contributed by atoms with Gasteiger partial charge in [-0.25, -0.2) is 0 Å². The van der Waals surface area contributed by atoms with E-state index in [-0.39, 0.29) is 5.75 Å². The van der Waals surface area contributed by atoms with Crippen molar-refractivity contribution in [2.45, 2.75) is 67.0 Å². The van der Waals surface area contributed by atoms with Crippen LogP contribution < -0.4 is 0 Å². The number of aliphatic hydroxyl groups is 9. The molecular weight excluding hydrogens is 580 g/mol. The smallest absolute Gasteiger partial charge is 0.294 e. The number of aromatic hydroxyl groups is 1. The third kappa shape index (κ3) is 5.15. The van der Waals surface area contributed by atoms with Crippen LogP contribution >= 0.6 is 0 Å². The molecule has 2 saturated heterocycles. The predicted octanol–water partition coefficient (Wildman–Crippen LogP) is -3.99. The number of ketones is 2. The van der Waals surface area contributed by atoms with Gasteiger partial charge in [0.25, 0.3) is 5.79 Å². The molecular formula is C27H30O16. The second-order valence-corrected chi connectivity index (χ2v) is 10.4. The molecule has 234 valence electrons. The number of benzene rings is 1. The number of allylic oxidation sites excluding steroid dienone is 1. The normalized spacial score (nSPS) is 39.6. The summed E-state index contributed by atoms with van der Waals surface area (Å²) >= 11 is 0. The topological polar surface area (TPSA) is 273 Å². The standard InChI is InChI=1S/C27H30O16/c28-7-12-17(33)20(36)23-22(40-12)15-18(34)14(11(31)6-3-9-1-4-10(30)5-2-9)24(38)27(39,25(15)42-23)43-26-21(37)19(35)16(32)13(8-29)41-26/h1-6,12-13,16-17,19-23,26,28-30,32-37,39H,7-8H2/b6-3+/t12-,13+,16+,17+,19-,20+,21+,22+,23-,26-,27-/m0/s1. The number of Topliss-reactive ketones (excluding diaryl/α,β-unsaturated/α-hetero) is 1. The minimum absolute atomic E-state index is 0.0575. The molecule has 0 spiro atoms. The molecule has 1 aliphatic carbocycles. The van der Waals surface area contributed by atoms with Crippen molar-refractivity contribution < 1.29 is 79.6 Å². The lowest BCUT2D eigenvalue weighted by atomic mass is 9.83. The van der Waals surface area contributed by atoms with Crippen LogP contribution in [-0.4, -0.2) is 143 Å². The van der Waals surface area contributed by atoms with E-state index in [0.29, 0.717) is 5.56 Å². The average Bonchev–Trinajstić information content (AvgIpc) is 3.39.